The van der Waals surface area contributed by atoms with Gasteiger partial charge in [-0.1, -0.05) is 12.1 Å². The Labute approximate surface area is 149 Å². The molecular weight excluding hydrogens is 349 g/mol. The summed E-state index contributed by atoms with van der Waals surface area (Å²) in [5.41, 5.74) is -0.789. The van der Waals surface area contributed by atoms with E-state index in [1.165, 1.54) is 24.5 Å². The van der Waals surface area contributed by atoms with Crippen molar-refractivity contribution < 1.29 is 17.9 Å². The Morgan fingerprint density at radius 2 is 2.04 bits per heavy atom. The zero-order valence-corrected chi connectivity index (χ0v) is 14.5. The van der Waals surface area contributed by atoms with E-state index in [2.05, 4.69) is 25.7 Å². The first-order chi connectivity index (χ1) is 12.4. The van der Waals surface area contributed by atoms with Crippen LogP contribution in [0.2, 0.25) is 0 Å². The molecule has 0 saturated carbocycles. The average Bonchev–Trinajstić information content (AvgIpc) is 3.01. The maximum Gasteiger partial charge on any atom is 0.419 e. The van der Waals surface area contributed by atoms with Gasteiger partial charge in [0.05, 0.1) is 12.1 Å². The second-order valence-corrected chi connectivity index (χ2v) is 5.26. The Bertz CT molecular complexity index is 729. The molecule has 0 aliphatic heterocycles. The highest BCUT2D eigenvalue weighted by atomic mass is 19.4. The predicted octanol–water partition coefficient (Wildman–Crippen LogP) is 1.97. The third-order valence-electron chi connectivity index (χ3n) is 3.37. The molecule has 0 unspecified atom stereocenters. The molecule has 10 heteroatoms. The molecule has 0 atom stereocenters. The number of ether oxygens (including phenoxy) is 1. The van der Waals surface area contributed by atoms with Crippen LogP contribution >= 0.6 is 0 Å². The highest BCUT2D eigenvalue weighted by Gasteiger charge is 2.33. The maximum atomic E-state index is 12.9. The van der Waals surface area contributed by atoms with Gasteiger partial charge in [-0.15, -0.1) is 0 Å². The van der Waals surface area contributed by atoms with Gasteiger partial charge < -0.3 is 15.4 Å². The first-order valence-electron chi connectivity index (χ1n) is 8.06. The first-order valence-corrected chi connectivity index (χ1v) is 8.06. The van der Waals surface area contributed by atoms with Crippen LogP contribution in [-0.4, -0.2) is 40.4 Å². The van der Waals surface area contributed by atoms with Gasteiger partial charge in [0.25, 0.3) is 0 Å². The first kappa shape index (κ1) is 19.5. The van der Waals surface area contributed by atoms with Gasteiger partial charge in [-0.25, -0.2) is 9.98 Å². The zero-order valence-electron chi connectivity index (χ0n) is 14.5. The minimum Gasteiger partial charge on any atom is -0.491 e. The third-order valence-corrected chi connectivity index (χ3v) is 3.37. The lowest BCUT2D eigenvalue weighted by Crippen LogP contribution is -2.39. The molecule has 1 heterocycles. The van der Waals surface area contributed by atoms with Gasteiger partial charge in [0.2, 0.25) is 0 Å². The fourth-order valence-electron chi connectivity index (χ4n) is 2.11. The summed E-state index contributed by atoms with van der Waals surface area (Å²) in [5.74, 6) is 1.02. The molecule has 0 spiro atoms. The van der Waals surface area contributed by atoms with E-state index in [0.717, 1.165) is 6.07 Å². The number of nitrogens with one attached hydrogen (secondary N) is 2. The summed E-state index contributed by atoms with van der Waals surface area (Å²) in [6.45, 7) is 3.22. The number of hydrogen-bond donors (Lipinski definition) is 2. The van der Waals surface area contributed by atoms with Crippen LogP contribution in [-0.2, 0) is 19.8 Å². The topological polar surface area (TPSA) is 76.4 Å². The minimum atomic E-state index is -4.45. The van der Waals surface area contributed by atoms with Crippen molar-refractivity contribution in [3.63, 3.8) is 0 Å². The molecule has 2 aromatic rings. The van der Waals surface area contributed by atoms with Crippen LogP contribution < -0.4 is 15.4 Å². The Morgan fingerprint density at radius 3 is 2.69 bits per heavy atom. The number of benzene rings is 1. The number of rotatable bonds is 7. The Balaban J connectivity index is 1.88. The van der Waals surface area contributed by atoms with E-state index in [0.29, 0.717) is 24.9 Å². The lowest BCUT2D eigenvalue weighted by molar-refractivity contribution is -0.138. The van der Waals surface area contributed by atoms with Crippen molar-refractivity contribution >= 4 is 5.96 Å². The van der Waals surface area contributed by atoms with Crippen LogP contribution in [0, 0.1) is 0 Å². The largest absolute Gasteiger partial charge is 0.491 e. The van der Waals surface area contributed by atoms with Crippen LogP contribution in [0.4, 0.5) is 13.2 Å². The smallest absolute Gasteiger partial charge is 0.419 e. The van der Waals surface area contributed by atoms with Gasteiger partial charge in [-0.3, -0.25) is 4.68 Å². The van der Waals surface area contributed by atoms with Gasteiger partial charge in [-0.2, -0.15) is 18.3 Å². The fourth-order valence-corrected chi connectivity index (χ4v) is 2.11. The molecule has 26 heavy (non-hydrogen) atoms. The molecule has 7 nitrogen and oxygen atoms in total. The van der Waals surface area contributed by atoms with Crippen LogP contribution in [0.15, 0.2) is 35.6 Å². The summed E-state index contributed by atoms with van der Waals surface area (Å²) < 4.78 is 45.6. The standard InChI is InChI=1S/C16H21F3N6O/c1-3-20-15(22-10-14-23-11-24-25(14)2)21-8-9-26-13-7-5-4-6-12(13)16(17,18)19/h4-7,11H,3,8-10H2,1-2H3,(H2,20,21,22). The van der Waals surface area contributed by atoms with Gasteiger partial charge >= 0.3 is 6.18 Å². The van der Waals surface area contributed by atoms with Crippen molar-refractivity contribution in [3.8, 4) is 5.75 Å². The number of hydrogen-bond acceptors (Lipinski definition) is 4. The van der Waals surface area contributed by atoms with Crippen molar-refractivity contribution in [1.29, 1.82) is 0 Å². The number of nitrogens with zero attached hydrogens (tertiary/aromatic N) is 4. The summed E-state index contributed by atoms with van der Waals surface area (Å²) in [6, 6.07) is 5.13. The van der Waals surface area contributed by atoms with E-state index in [1.807, 2.05) is 6.92 Å². The molecule has 0 fully saturated rings. The number of alkyl halides is 3. The number of aryl methyl sites for hydroxylation is 1. The molecule has 0 bridgehead atoms. The average molecular weight is 370 g/mol. The molecule has 2 rings (SSSR count). The van der Waals surface area contributed by atoms with Gasteiger partial charge in [0.15, 0.2) is 5.96 Å². The van der Waals surface area contributed by atoms with Gasteiger partial charge in [-0.05, 0) is 19.1 Å². The zero-order chi connectivity index (χ0) is 19.0. The van der Waals surface area contributed by atoms with E-state index < -0.39 is 11.7 Å². The van der Waals surface area contributed by atoms with Crippen LogP contribution in [0.25, 0.3) is 0 Å². The van der Waals surface area contributed by atoms with E-state index in [-0.39, 0.29) is 18.9 Å². The van der Waals surface area contributed by atoms with Crippen LogP contribution in [0.3, 0.4) is 0 Å². The molecule has 0 amide bonds. The molecule has 0 aliphatic rings. The Morgan fingerprint density at radius 1 is 1.27 bits per heavy atom. The molecule has 2 N–H and O–H groups in total. The Kier molecular flexibility index (Phi) is 6.81. The van der Waals surface area contributed by atoms with Crippen molar-refractivity contribution in [3.05, 3.63) is 42.0 Å². The van der Waals surface area contributed by atoms with Crippen molar-refractivity contribution in [1.82, 2.24) is 25.4 Å². The number of aromatic nitrogens is 3. The van der Waals surface area contributed by atoms with Crippen molar-refractivity contribution in [2.75, 3.05) is 19.7 Å². The molecule has 0 radical (unpaired) electrons. The van der Waals surface area contributed by atoms with Crippen molar-refractivity contribution in [2.24, 2.45) is 12.0 Å². The molecule has 1 aromatic carbocycles. The maximum absolute atomic E-state index is 12.9. The minimum absolute atomic E-state index is 0.0570. The summed E-state index contributed by atoms with van der Waals surface area (Å²) in [5, 5.41) is 10.0. The highest BCUT2D eigenvalue weighted by Crippen LogP contribution is 2.35. The monoisotopic (exact) mass is 370 g/mol. The molecular formula is C16H21F3N6O. The molecule has 0 saturated heterocycles. The van der Waals surface area contributed by atoms with E-state index >= 15 is 0 Å². The molecule has 0 aliphatic carbocycles. The summed E-state index contributed by atoms with van der Waals surface area (Å²) in [6.07, 6.45) is -3.01. The quantitative estimate of drug-likeness (QED) is 0.443. The summed E-state index contributed by atoms with van der Waals surface area (Å²) in [4.78, 5) is 8.43. The third kappa shape index (κ3) is 5.64. The number of aliphatic imine (C=N–C) groups is 1. The predicted molar refractivity (Wildman–Crippen MR) is 90.8 cm³/mol. The molecule has 1 aromatic heterocycles. The normalized spacial score (nSPS) is 12.1. The second-order valence-electron chi connectivity index (χ2n) is 5.26. The van der Waals surface area contributed by atoms with Crippen LogP contribution in [0.5, 0.6) is 5.75 Å². The Hall–Kier alpha value is -2.78. The second kappa shape index (κ2) is 9.07. The summed E-state index contributed by atoms with van der Waals surface area (Å²) >= 11 is 0. The van der Waals surface area contributed by atoms with E-state index in [4.69, 9.17) is 4.74 Å². The summed E-state index contributed by atoms with van der Waals surface area (Å²) in [7, 11) is 1.77. The lowest BCUT2D eigenvalue weighted by atomic mass is 10.2. The van der Waals surface area contributed by atoms with Gasteiger partial charge in [0.1, 0.15) is 31.1 Å². The number of para-hydroxylation sites is 1. The highest BCUT2D eigenvalue weighted by molar-refractivity contribution is 5.79. The number of guanidine groups is 1. The van der Waals surface area contributed by atoms with E-state index in [1.54, 1.807) is 11.7 Å². The number of halogens is 3. The lowest BCUT2D eigenvalue weighted by Gasteiger charge is -2.15. The fraction of sp³-hybridized carbons (Fsp3) is 0.438. The van der Waals surface area contributed by atoms with Crippen molar-refractivity contribution in [2.45, 2.75) is 19.6 Å². The SMILES string of the molecule is CCNC(=NCc1ncnn1C)NCCOc1ccccc1C(F)(F)F. The van der Waals surface area contributed by atoms with Crippen LogP contribution in [0.1, 0.15) is 18.3 Å². The molecule has 142 valence electrons. The van der Waals surface area contributed by atoms with Gasteiger partial charge in [0, 0.05) is 13.6 Å². The van der Waals surface area contributed by atoms with E-state index in [9.17, 15) is 13.2 Å².